The van der Waals surface area contributed by atoms with Crippen molar-refractivity contribution in [3.05, 3.63) is 52.5 Å². The van der Waals surface area contributed by atoms with Gasteiger partial charge in [-0.25, -0.2) is 0 Å². The molecule has 0 heterocycles. The number of rotatable bonds is 6. The molecule has 0 atom stereocenters. The number of carboxylic acid groups (broad SMARTS) is 1. The molecular weight excluding hydrogens is 358 g/mol. The Labute approximate surface area is 143 Å². The van der Waals surface area contributed by atoms with Gasteiger partial charge in [-0.2, -0.15) is 0 Å². The number of carbonyl (C=O) groups excluding carboxylic acids is 1. The molecule has 0 bridgehead atoms. The van der Waals surface area contributed by atoms with Crippen molar-refractivity contribution in [2.45, 2.75) is 26.2 Å². The summed E-state index contributed by atoms with van der Waals surface area (Å²) in [5.74, 6) is -0.866. The zero-order valence-corrected chi connectivity index (χ0v) is 14.4. The zero-order valence-electron chi connectivity index (χ0n) is 12.8. The SMILES string of the molecule is CC(=O)Nc1ccc(-c2ccc(CCCC(=O)O)cc2)cc1Br. The molecule has 0 saturated carbocycles. The van der Waals surface area contributed by atoms with E-state index < -0.39 is 5.97 Å². The molecule has 23 heavy (non-hydrogen) atoms. The van der Waals surface area contributed by atoms with E-state index in [0.29, 0.717) is 6.42 Å². The first-order valence-corrected chi connectivity index (χ1v) is 8.13. The molecule has 5 heteroatoms. The molecule has 1 amide bonds. The van der Waals surface area contributed by atoms with Crippen molar-refractivity contribution in [3.63, 3.8) is 0 Å². The average Bonchev–Trinajstić information content (AvgIpc) is 2.49. The van der Waals surface area contributed by atoms with Gasteiger partial charge < -0.3 is 10.4 Å². The van der Waals surface area contributed by atoms with Crippen molar-refractivity contribution in [1.82, 2.24) is 0 Å². The number of benzene rings is 2. The summed E-state index contributed by atoms with van der Waals surface area (Å²) in [6.45, 7) is 1.48. The Kier molecular flexibility index (Phi) is 5.93. The monoisotopic (exact) mass is 375 g/mol. The van der Waals surface area contributed by atoms with Crippen LogP contribution in [0.5, 0.6) is 0 Å². The summed E-state index contributed by atoms with van der Waals surface area (Å²) >= 11 is 3.46. The highest BCUT2D eigenvalue weighted by molar-refractivity contribution is 9.10. The van der Waals surface area contributed by atoms with Crippen LogP contribution in [0.4, 0.5) is 5.69 Å². The summed E-state index contributed by atoms with van der Waals surface area (Å²) in [5.41, 5.74) is 3.99. The van der Waals surface area contributed by atoms with Gasteiger partial charge in [-0.3, -0.25) is 9.59 Å². The van der Waals surface area contributed by atoms with E-state index in [1.54, 1.807) is 0 Å². The van der Waals surface area contributed by atoms with Crippen molar-refractivity contribution in [2.75, 3.05) is 5.32 Å². The van der Waals surface area contributed by atoms with Crippen LogP contribution in [0.2, 0.25) is 0 Å². The molecular formula is C18H18BrNO3. The number of halogens is 1. The number of amides is 1. The molecule has 0 spiro atoms. The van der Waals surface area contributed by atoms with Gasteiger partial charge in [0, 0.05) is 17.8 Å². The predicted octanol–water partition coefficient (Wildman–Crippen LogP) is 4.48. The van der Waals surface area contributed by atoms with Crippen molar-refractivity contribution in [1.29, 1.82) is 0 Å². The van der Waals surface area contributed by atoms with E-state index in [2.05, 4.69) is 21.2 Å². The van der Waals surface area contributed by atoms with E-state index in [-0.39, 0.29) is 12.3 Å². The quantitative estimate of drug-likeness (QED) is 0.781. The minimum atomic E-state index is -0.759. The van der Waals surface area contributed by atoms with Crippen LogP contribution in [0.25, 0.3) is 11.1 Å². The second-order valence-electron chi connectivity index (χ2n) is 5.32. The Morgan fingerprint density at radius 1 is 1.09 bits per heavy atom. The highest BCUT2D eigenvalue weighted by Crippen LogP contribution is 2.29. The first kappa shape index (κ1) is 17.2. The smallest absolute Gasteiger partial charge is 0.303 e. The van der Waals surface area contributed by atoms with E-state index in [1.165, 1.54) is 6.92 Å². The summed E-state index contributed by atoms with van der Waals surface area (Å²) < 4.78 is 0.829. The first-order chi connectivity index (χ1) is 11.0. The fourth-order valence-corrected chi connectivity index (χ4v) is 2.77. The molecule has 2 aromatic carbocycles. The number of aryl methyl sites for hydroxylation is 1. The molecule has 2 N–H and O–H groups in total. The predicted molar refractivity (Wildman–Crippen MR) is 94.5 cm³/mol. The molecule has 0 unspecified atom stereocenters. The maximum atomic E-state index is 11.1. The maximum Gasteiger partial charge on any atom is 0.303 e. The largest absolute Gasteiger partial charge is 0.481 e. The molecule has 0 fully saturated rings. The lowest BCUT2D eigenvalue weighted by molar-refractivity contribution is -0.137. The Hall–Kier alpha value is -2.14. The van der Waals surface area contributed by atoms with Crippen molar-refractivity contribution < 1.29 is 14.7 Å². The van der Waals surface area contributed by atoms with Gasteiger partial charge in [0.25, 0.3) is 0 Å². The minimum Gasteiger partial charge on any atom is -0.481 e. The summed E-state index contributed by atoms with van der Waals surface area (Å²) in [6.07, 6.45) is 1.60. The van der Waals surface area contributed by atoms with Gasteiger partial charge in [0.05, 0.1) is 5.69 Å². The normalized spacial score (nSPS) is 10.3. The van der Waals surface area contributed by atoms with Crippen LogP contribution in [0.1, 0.15) is 25.3 Å². The van der Waals surface area contributed by atoms with Crippen molar-refractivity contribution in [3.8, 4) is 11.1 Å². The Bertz CT molecular complexity index is 711. The van der Waals surface area contributed by atoms with Crippen LogP contribution in [0.15, 0.2) is 46.9 Å². The number of carboxylic acids is 1. The van der Waals surface area contributed by atoms with Gasteiger partial charge in [-0.15, -0.1) is 0 Å². The molecule has 0 aromatic heterocycles. The van der Waals surface area contributed by atoms with Gasteiger partial charge in [-0.1, -0.05) is 30.3 Å². The van der Waals surface area contributed by atoms with Gasteiger partial charge in [0.15, 0.2) is 0 Å². The molecule has 0 aliphatic rings. The highest BCUT2D eigenvalue weighted by atomic mass is 79.9. The fourth-order valence-electron chi connectivity index (χ4n) is 2.29. The van der Waals surface area contributed by atoms with Gasteiger partial charge >= 0.3 is 5.97 Å². The van der Waals surface area contributed by atoms with Crippen LogP contribution >= 0.6 is 15.9 Å². The maximum absolute atomic E-state index is 11.1. The van der Waals surface area contributed by atoms with Crippen LogP contribution < -0.4 is 5.32 Å². The third kappa shape index (κ3) is 5.21. The molecule has 0 aliphatic heterocycles. The van der Waals surface area contributed by atoms with Crippen LogP contribution in [-0.4, -0.2) is 17.0 Å². The molecule has 0 aliphatic carbocycles. The molecule has 2 aromatic rings. The lowest BCUT2D eigenvalue weighted by atomic mass is 10.0. The van der Waals surface area contributed by atoms with E-state index in [0.717, 1.165) is 33.3 Å². The van der Waals surface area contributed by atoms with Crippen LogP contribution in [0.3, 0.4) is 0 Å². The number of hydrogen-bond donors (Lipinski definition) is 2. The summed E-state index contributed by atoms with van der Waals surface area (Å²) in [7, 11) is 0. The number of anilines is 1. The number of nitrogens with one attached hydrogen (secondary N) is 1. The summed E-state index contributed by atoms with van der Waals surface area (Å²) in [5, 5.41) is 11.4. The van der Waals surface area contributed by atoms with Crippen molar-refractivity contribution in [2.24, 2.45) is 0 Å². The second-order valence-corrected chi connectivity index (χ2v) is 6.17. The third-order valence-electron chi connectivity index (χ3n) is 3.42. The Morgan fingerprint density at radius 2 is 1.74 bits per heavy atom. The third-order valence-corrected chi connectivity index (χ3v) is 4.08. The molecule has 0 saturated heterocycles. The van der Waals surface area contributed by atoms with E-state index >= 15 is 0 Å². The van der Waals surface area contributed by atoms with E-state index in [9.17, 15) is 9.59 Å². The fraction of sp³-hybridized carbons (Fsp3) is 0.222. The number of carbonyl (C=O) groups is 2. The number of hydrogen-bond acceptors (Lipinski definition) is 2. The standard InChI is InChI=1S/C18H18BrNO3/c1-12(21)20-17-10-9-15(11-16(17)19)14-7-5-13(6-8-14)3-2-4-18(22)23/h5-11H,2-4H2,1H3,(H,20,21)(H,22,23). The topological polar surface area (TPSA) is 66.4 Å². The molecule has 2 rings (SSSR count). The summed E-state index contributed by atoms with van der Waals surface area (Å²) in [4.78, 5) is 21.6. The first-order valence-electron chi connectivity index (χ1n) is 7.34. The molecule has 4 nitrogen and oxygen atoms in total. The lowest BCUT2D eigenvalue weighted by Gasteiger charge is -2.09. The van der Waals surface area contributed by atoms with E-state index in [1.807, 2.05) is 42.5 Å². The minimum absolute atomic E-state index is 0.107. The Balaban J connectivity index is 2.08. The Morgan fingerprint density at radius 3 is 2.30 bits per heavy atom. The van der Waals surface area contributed by atoms with Gasteiger partial charge in [0.2, 0.25) is 5.91 Å². The highest BCUT2D eigenvalue weighted by Gasteiger charge is 2.05. The van der Waals surface area contributed by atoms with E-state index in [4.69, 9.17) is 5.11 Å². The van der Waals surface area contributed by atoms with Gasteiger partial charge in [-0.05, 0) is 57.6 Å². The molecule has 120 valence electrons. The number of aliphatic carboxylic acids is 1. The molecule has 0 radical (unpaired) electrons. The zero-order chi connectivity index (χ0) is 16.8. The van der Waals surface area contributed by atoms with Crippen LogP contribution in [0, 0.1) is 0 Å². The average molecular weight is 376 g/mol. The van der Waals surface area contributed by atoms with Crippen molar-refractivity contribution >= 4 is 33.5 Å². The lowest BCUT2D eigenvalue weighted by Crippen LogP contribution is -2.06. The van der Waals surface area contributed by atoms with Crippen LogP contribution in [-0.2, 0) is 16.0 Å². The van der Waals surface area contributed by atoms with Gasteiger partial charge in [0.1, 0.15) is 0 Å². The summed E-state index contributed by atoms with van der Waals surface area (Å²) in [6, 6.07) is 13.9. The second kappa shape index (κ2) is 7.92.